The average Bonchev–Trinajstić information content (AvgIpc) is 3.30. The van der Waals surface area contributed by atoms with Gasteiger partial charge in [-0.2, -0.15) is 0 Å². The molecule has 0 atom stereocenters. The molecule has 22 heteroatoms. The van der Waals surface area contributed by atoms with Crippen LogP contribution in [0.25, 0.3) is 0 Å². The molecule has 0 radical (unpaired) electrons. The Balaban J connectivity index is -0.0000000744. The van der Waals surface area contributed by atoms with E-state index in [1.165, 1.54) is 0 Å². The summed E-state index contributed by atoms with van der Waals surface area (Å²) in [7, 11) is 0. The maximum Gasteiger partial charge on any atom is 0.303 e. The minimum Gasteiger partial charge on any atom is -0.481 e. The first-order valence-electron chi connectivity index (χ1n) is 26.2. The van der Waals surface area contributed by atoms with Crippen molar-refractivity contribution in [2.75, 3.05) is 13.2 Å². The van der Waals surface area contributed by atoms with E-state index in [0.717, 1.165) is 116 Å². The van der Waals surface area contributed by atoms with Crippen LogP contribution in [0.15, 0.2) is 0 Å². The van der Waals surface area contributed by atoms with Gasteiger partial charge in [0.2, 0.25) is 0 Å². The third kappa shape index (κ3) is 191. The number of aliphatic hydroxyl groups excluding tert-OH is 10. The van der Waals surface area contributed by atoms with Gasteiger partial charge in [-0.3, -0.25) is 9.59 Å². The molecule has 0 aromatic heterocycles. The highest BCUT2D eigenvalue weighted by Gasteiger charge is 2.00. The molecule has 0 aliphatic rings. The first-order chi connectivity index (χ1) is 33.7. The maximum atomic E-state index is 9.90. The van der Waals surface area contributed by atoms with Crippen molar-refractivity contribution in [2.24, 2.45) is 0 Å². The van der Waals surface area contributed by atoms with Gasteiger partial charge < -0.3 is 102 Å². The number of carboxylic acid groups (broad SMARTS) is 2. The summed E-state index contributed by atoms with van der Waals surface area (Å²) in [5.41, 5.74) is 0. The van der Waals surface area contributed by atoms with E-state index in [2.05, 4.69) is 0 Å². The monoisotopic (exact) mass is 1070 g/mol. The van der Waals surface area contributed by atoms with Crippen molar-refractivity contribution in [2.45, 2.75) is 298 Å². The van der Waals surface area contributed by atoms with Crippen LogP contribution in [0.4, 0.5) is 0 Å². The van der Waals surface area contributed by atoms with Gasteiger partial charge in [0, 0.05) is 26.1 Å². The molecule has 0 saturated heterocycles. The largest absolute Gasteiger partial charge is 0.481 e. The molecule has 0 aromatic rings. The molecule has 0 bridgehead atoms. The van der Waals surface area contributed by atoms with E-state index in [1.54, 1.807) is 0 Å². The van der Waals surface area contributed by atoms with Crippen molar-refractivity contribution in [3.8, 4) is 0 Å². The molecule has 0 heterocycles. The van der Waals surface area contributed by atoms with E-state index in [1.807, 2.05) is 55.4 Å². The lowest BCUT2D eigenvalue weighted by Gasteiger charge is -1.97. The third-order valence-electron chi connectivity index (χ3n) is 8.12. The number of rotatable bonds is 32. The van der Waals surface area contributed by atoms with Gasteiger partial charge in [0.25, 0.3) is 0 Å². The highest BCUT2D eigenvalue weighted by atomic mass is 16.5. The molecule has 0 amide bonds. The summed E-state index contributed by atoms with van der Waals surface area (Å²) in [6.45, 7) is 16.5. The molecule has 0 unspecified atom stereocenters. The molecule has 0 rings (SSSR count). The van der Waals surface area contributed by atoms with E-state index < -0.39 is 62.3 Å². The average molecular weight is 1070 g/mol. The number of hydrogen-bond acceptors (Lipinski definition) is 20. The summed E-state index contributed by atoms with van der Waals surface area (Å²) in [5, 5.41) is 164. The van der Waals surface area contributed by atoms with Gasteiger partial charge in [0.15, 0.2) is 50.3 Å². The zero-order chi connectivity index (χ0) is 58.4. The molecule has 22 nitrogen and oxygen atoms in total. The summed E-state index contributed by atoms with van der Waals surface area (Å²) < 4.78 is 0. The quantitative estimate of drug-likeness (QED) is 0.0328. The summed E-state index contributed by atoms with van der Waals surface area (Å²) >= 11 is 0. The Morgan fingerprint density at radius 3 is 0.431 bits per heavy atom. The van der Waals surface area contributed by atoms with Crippen LogP contribution in [-0.4, -0.2) is 178 Å². The number of aliphatic carboxylic acids is 2. The minimum absolute atomic E-state index is 0.0628. The Morgan fingerprint density at radius 2 is 0.375 bits per heavy atom. The topological polar surface area (TPSA) is 439 Å². The molecule has 448 valence electrons. The number of unbranched alkanes of at least 4 members (excludes halogenated alkanes) is 10. The smallest absolute Gasteiger partial charge is 0.303 e. The second-order valence-electron chi connectivity index (χ2n) is 16.1. The van der Waals surface area contributed by atoms with E-state index >= 15 is 0 Å². The third-order valence-corrected chi connectivity index (χ3v) is 8.12. The number of carbonyl (C=O) groups is 2. The van der Waals surface area contributed by atoms with Gasteiger partial charge in [-0.15, -0.1) is 0 Å². The van der Waals surface area contributed by atoms with E-state index in [9.17, 15) is 9.59 Å². The Bertz CT molecular complexity index is 704. The fourth-order valence-corrected chi connectivity index (χ4v) is 3.87. The molecule has 0 aromatic carbocycles. The SMILES string of the molecule is CCCCC(O)O.CCCCC(O)O.CCCCC(O)O.CCCCC(O)O.CCCCC(O)O.CCCCC(O)O.CCCCC(O)O.CCCCC(O)O.O=C(O)CCCCC(=O)O.OCCCCO. The van der Waals surface area contributed by atoms with Crippen LogP contribution in [-0.2, 0) is 9.59 Å². The molecule has 0 saturated carbocycles. The Hall–Kier alpha value is -1.78. The molecule has 0 aliphatic heterocycles. The first-order valence-corrected chi connectivity index (χ1v) is 26.2. The van der Waals surface area contributed by atoms with Gasteiger partial charge in [-0.1, -0.05) is 107 Å². The normalized spacial score (nSPS) is 10.0. The Kier molecular flexibility index (Phi) is 114. The highest BCUT2D eigenvalue weighted by Crippen LogP contribution is 2.01. The molecule has 20 N–H and O–H groups in total. The Labute approximate surface area is 434 Å². The first kappa shape index (κ1) is 92.8. The fourth-order valence-electron chi connectivity index (χ4n) is 3.87. The molecule has 72 heavy (non-hydrogen) atoms. The lowest BCUT2D eigenvalue weighted by molar-refractivity contribution is -0.139. The fraction of sp³-hybridized carbons (Fsp3) is 0.960. The number of carboxylic acids is 2. The zero-order valence-electron chi connectivity index (χ0n) is 46.0. The molecule has 0 fully saturated rings. The van der Waals surface area contributed by atoms with Gasteiger partial charge in [0.05, 0.1) is 0 Å². The summed E-state index contributed by atoms with van der Waals surface area (Å²) in [6.07, 6.45) is 13.2. The van der Waals surface area contributed by atoms with Crippen LogP contribution < -0.4 is 0 Å². The second kappa shape index (κ2) is 88.8. The second-order valence-corrected chi connectivity index (χ2v) is 16.1. The molecular weight excluding hydrogens is 953 g/mol. The van der Waals surface area contributed by atoms with Gasteiger partial charge in [0.1, 0.15) is 0 Å². The zero-order valence-corrected chi connectivity index (χ0v) is 46.0. The number of aliphatic hydroxyl groups is 18. The van der Waals surface area contributed by atoms with Crippen molar-refractivity contribution in [3.63, 3.8) is 0 Å². The predicted molar refractivity (Wildman–Crippen MR) is 279 cm³/mol. The van der Waals surface area contributed by atoms with Gasteiger partial charge in [-0.25, -0.2) is 0 Å². The van der Waals surface area contributed by atoms with Crippen LogP contribution in [0.5, 0.6) is 0 Å². The molecule has 0 aliphatic carbocycles. The van der Waals surface area contributed by atoms with Crippen molar-refractivity contribution in [1.82, 2.24) is 0 Å². The van der Waals surface area contributed by atoms with E-state index in [4.69, 9.17) is 102 Å². The maximum absolute atomic E-state index is 9.90. The van der Waals surface area contributed by atoms with Crippen molar-refractivity contribution < 1.29 is 112 Å². The van der Waals surface area contributed by atoms with Gasteiger partial charge in [-0.05, 0) is 128 Å². The van der Waals surface area contributed by atoms with Crippen LogP contribution >= 0.6 is 0 Å². The van der Waals surface area contributed by atoms with Crippen molar-refractivity contribution in [3.05, 3.63) is 0 Å². The summed E-state index contributed by atoms with van der Waals surface area (Å²) in [4.78, 5) is 19.8. The van der Waals surface area contributed by atoms with E-state index in [0.29, 0.717) is 64.2 Å². The van der Waals surface area contributed by atoms with Crippen LogP contribution in [0, 0.1) is 0 Å². The highest BCUT2D eigenvalue weighted by molar-refractivity contribution is 5.67. The Morgan fingerprint density at radius 1 is 0.250 bits per heavy atom. The van der Waals surface area contributed by atoms with E-state index in [-0.39, 0.29) is 26.1 Å². The van der Waals surface area contributed by atoms with Crippen molar-refractivity contribution >= 4 is 11.9 Å². The van der Waals surface area contributed by atoms with Gasteiger partial charge >= 0.3 is 11.9 Å². The standard InChI is InChI=1S/C6H10O4.8C5H12O2.C4H10O2/c7-5(8)3-1-2-4-6(9)10;8*1-2-3-4-5(6)7;5-3-1-2-4-6/h1-4H2,(H,7,8)(H,9,10);8*5-7H,2-4H2,1H3;5-6H,1-4H2. The lowest BCUT2D eigenvalue weighted by Crippen LogP contribution is -2.02. The lowest BCUT2D eigenvalue weighted by atomic mass is 10.2. The molecular formula is C50H116O22. The van der Waals surface area contributed by atoms with Crippen LogP contribution in [0.2, 0.25) is 0 Å². The summed E-state index contributed by atoms with van der Waals surface area (Å²) in [6, 6.07) is 0. The number of hydrogen-bond donors (Lipinski definition) is 20. The van der Waals surface area contributed by atoms with Crippen LogP contribution in [0.3, 0.4) is 0 Å². The van der Waals surface area contributed by atoms with Crippen molar-refractivity contribution in [1.29, 1.82) is 0 Å². The molecule has 0 spiro atoms. The minimum atomic E-state index is -1.10. The predicted octanol–water partition coefficient (Wildman–Crippen LogP) is 4.37. The summed E-state index contributed by atoms with van der Waals surface area (Å²) in [5.74, 6) is -1.74. The van der Waals surface area contributed by atoms with Crippen LogP contribution in [0.1, 0.15) is 248 Å².